The van der Waals surface area contributed by atoms with Gasteiger partial charge in [-0.25, -0.2) is 4.39 Å². The summed E-state index contributed by atoms with van der Waals surface area (Å²) in [5.41, 5.74) is 3.46. The number of halogens is 2. The maximum Gasteiger partial charge on any atom is 0.255 e. The summed E-state index contributed by atoms with van der Waals surface area (Å²) in [5.74, 6) is -0.202. The normalized spacial score (nSPS) is 14.9. The SMILES string of the molecule is Cc1cc(C(=O)N(C)C2CCNCC2)c(C)n1-c1ccc(F)cc1.Cl. The van der Waals surface area contributed by atoms with Gasteiger partial charge in [0, 0.05) is 30.2 Å². The molecule has 1 N–H and O–H groups in total. The van der Waals surface area contributed by atoms with Gasteiger partial charge in [-0.2, -0.15) is 0 Å². The maximum atomic E-state index is 13.2. The lowest BCUT2D eigenvalue weighted by molar-refractivity contribution is 0.0702. The molecule has 4 nitrogen and oxygen atoms in total. The fourth-order valence-electron chi connectivity index (χ4n) is 3.52. The van der Waals surface area contributed by atoms with Crippen LogP contribution < -0.4 is 5.32 Å². The number of aromatic nitrogens is 1. The van der Waals surface area contributed by atoms with Crippen molar-refractivity contribution in [1.82, 2.24) is 14.8 Å². The van der Waals surface area contributed by atoms with Crippen molar-refractivity contribution in [2.45, 2.75) is 32.7 Å². The number of hydrogen-bond acceptors (Lipinski definition) is 2. The molecule has 25 heavy (non-hydrogen) atoms. The Morgan fingerprint density at radius 2 is 1.80 bits per heavy atom. The number of amides is 1. The van der Waals surface area contributed by atoms with Crippen molar-refractivity contribution in [2.24, 2.45) is 0 Å². The second-order valence-electron chi connectivity index (χ2n) is 6.49. The number of carbonyl (C=O) groups excluding carboxylic acids is 1. The average molecular weight is 366 g/mol. The molecule has 1 aliphatic rings. The standard InChI is InChI=1S/C19H24FN3O.ClH/c1-13-12-18(19(24)22(3)16-8-10-21-11-9-16)14(2)23(13)17-6-4-15(20)5-7-17;/h4-7,12,16,21H,8-11H2,1-3H3;1H. The molecular weight excluding hydrogens is 341 g/mol. The minimum absolute atomic E-state index is 0. The van der Waals surface area contributed by atoms with Crippen LogP contribution in [0.15, 0.2) is 30.3 Å². The molecule has 0 aliphatic carbocycles. The summed E-state index contributed by atoms with van der Waals surface area (Å²) in [4.78, 5) is 14.8. The lowest BCUT2D eigenvalue weighted by atomic mass is 10.0. The van der Waals surface area contributed by atoms with Gasteiger partial charge in [0.1, 0.15) is 5.82 Å². The van der Waals surface area contributed by atoms with Crippen molar-refractivity contribution in [3.8, 4) is 5.69 Å². The molecule has 0 spiro atoms. The largest absolute Gasteiger partial charge is 0.339 e. The van der Waals surface area contributed by atoms with Crippen molar-refractivity contribution in [3.63, 3.8) is 0 Å². The second kappa shape index (κ2) is 8.02. The van der Waals surface area contributed by atoms with Crippen LogP contribution in [0.3, 0.4) is 0 Å². The molecule has 6 heteroatoms. The van der Waals surface area contributed by atoms with E-state index in [1.807, 2.05) is 36.4 Å². The second-order valence-corrected chi connectivity index (χ2v) is 6.49. The number of benzene rings is 1. The molecule has 2 aromatic rings. The molecule has 1 amide bonds. The van der Waals surface area contributed by atoms with Crippen LogP contribution in [0.4, 0.5) is 4.39 Å². The summed E-state index contributed by atoms with van der Waals surface area (Å²) in [6.45, 7) is 5.82. The van der Waals surface area contributed by atoms with Crippen molar-refractivity contribution in [1.29, 1.82) is 0 Å². The molecule has 1 aromatic carbocycles. The van der Waals surface area contributed by atoms with Gasteiger partial charge in [-0.05, 0) is 70.1 Å². The van der Waals surface area contributed by atoms with E-state index in [-0.39, 0.29) is 30.2 Å². The predicted octanol–water partition coefficient (Wildman–Crippen LogP) is 3.48. The lowest BCUT2D eigenvalue weighted by Crippen LogP contribution is -2.44. The first-order valence-electron chi connectivity index (χ1n) is 8.42. The molecule has 1 fully saturated rings. The molecule has 3 rings (SSSR count). The van der Waals surface area contributed by atoms with Gasteiger partial charge < -0.3 is 14.8 Å². The Bertz CT molecular complexity index is 736. The molecule has 0 saturated carbocycles. The van der Waals surface area contributed by atoms with Crippen molar-refractivity contribution < 1.29 is 9.18 Å². The molecule has 1 aliphatic heterocycles. The number of nitrogens with one attached hydrogen (secondary N) is 1. The third-order valence-electron chi connectivity index (χ3n) is 4.92. The van der Waals surface area contributed by atoms with E-state index in [4.69, 9.17) is 0 Å². The smallest absolute Gasteiger partial charge is 0.255 e. The highest BCUT2D eigenvalue weighted by Gasteiger charge is 2.25. The molecule has 1 saturated heterocycles. The van der Waals surface area contributed by atoms with E-state index in [9.17, 15) is 9.18 Å². The maximum absolute atomic E-state index is 13.2. The topological polar surface area (TPSA) is 37.3 Å². The minimum atomic E-state index is -0.261. The highest BCUT2D eigenvalue weighted by Crippen LogP contribution is 2.23. The zero-order valence-corrected chi connectivity index (χ0v) is 15.7. The summed E-state index contributed by atoms with van der Waals surface area (Å²) in [7, 11) is 1.89. The number of nitrogens with zero attached hydrogens (tertiary/aromatic N) is 2. The van der Waals surface area contributed by atoms with Crippen LogP contribution in [-0.2, 0) is 0 Å². The van der Waals surface area contributed by atoms with Crippen LogP contribution in [-0.4, -0.2) is 41.6 Å². The van der Waals surface area contributed by atoms with Crippen LogP contribution in [0, 0.1) is 19.7 Å². The Morgan fingerprint density at radius 3 is 2.40 bits per heavy atom. The van der Waals surface area contributed by atoms with E-state index in [0.717, 1.165) is 48.6 Å². The van der Waals surface area contributed by atoms with Gasteiger partial charge >= 0.3 is 0 Å². The quantitative estimate of drug-likeness (QED) is 0.904. The van der Waals surface area contributed by atoms with Crippen LogP contribution >= 0.6 is 12.4 Å². The zero-order valence-electron chi connectivity index (χ0n) is 14.9. The van der Waals surface area contributed by atoms with Gasteiger partial charge in [0.2, 0.25) is 0 Å². The number of hydrogen-bond donors (Lipinski definition) is 1. The summed E-state index contributed by atoms with van der Waals surface area (Å²) < 4.78 is 15.2. The molecule has 2 heterocycles. The van der Waals surface area contributed by atoms with E-state index in [0.29, 0.717) is 0 Å². The first-order valence-corrected chi connectivity index (χ1v) is 8.42. The number of rotatable bonds is 3. The van der Waals surface area contributed by atoms with E-state index < -0.39 is 0 Å². The van der Waals surface area contributed by atoms with E-state index in [1.165, 1.54) is 12.1 Å². The van der Waals surface area contributed by atoms with Gasteiger partial charge in [0.05, 0.1) is 5.56 Å². The summed E-state index contributed by atoms with van der Waals surface area (Å²) in [5, 5.41) is 3.33. The molecule has 0 unspecified atom stereocenters. The summed E-state index contributed by atoms with van der Waals surface area (Å²) in [6, 6.07) is 8.57. The zero-order chi connectivity index (χ0) is 17.3. The Labute approximate surface area is 154 Å². The van der Waals surface area contributed by atoms with Crippen LogP contribution in [0.1, 0.15) is 34.6 Å². The van der Waals surface area contributed by atoms with Gasteiger partial charge in [-0.3, -0.25) is 4.79 Å². The van der Waals surface area contributed by atoms with Gasteiger partial charge in [-0.15, -0.1) is 12.4 Å². The summed E-state index contributed by atoms with van der Waals surface area (Å²) >= 11 is 0. The van der Waals surface area contributed by atoms with Crippen molar-refractivity contribution >= 4 is 18.3 Å². The molecule has 0 radical (unpaired) electrons. The van der Waals surface area contributed by atoms with Gasteiger partial charge in [-0.1, -0.05) is 0 Å². The van der Waals surface area contributed by atoms with E-state index in [2.05, 4.69) is 5.32 Å². The lowest BCUT2D eigenvalue weighted by Gasteiger charge is -2.31. The highest BCUT2D eigenvalue weighted by atomic mass is 35.5. The Morgan fingerprint density at radius 1 is 1.20 bits per heavy atom. The molecule has 0 bridgehead atoms. The van der Waals surface area contributed by atoms with Crippen molar-refractivity contribution in [2.75, 3.05) is 20.1 Å². The van der Waals surface area contributed by atoms with Crippen LogP contribution in [0.25, 0.3) is 5.69 Å². The molecule has 0 atom stereocenters. The molecular formula is C19H25ClFN3O. The highest BCUT2D eigenvalue weighted by molar-refractivity contribution is 5.96. The Balaban J connectivity index is 0.00000225. The minimum Gasteiger partial charge on any atom is -0.339 e. The average Bonchev–Trinajstić information content (AvgIpc) is 2.90. The first-order chi connectivity index (χ1) is 11.5. The molecule has 1 aromatic heterocycles. The van der Waals surface area contributed by atoms with Gasteiger partial charge in [0.25, 0.3) is 5.91 Å². The van der Waals surface area contributed by atoms with Gasteiger partial charge in [0.15, 0.2) is 0 Å². The Hall–Kier alpha value is -1.85. The van der Waals surface area contributed by atoms with Crippen LogP contribution in [0.5, 0.6) is 0 Å². The monoisotopic (exact) mass is 365 g/mol. The number of aryl methyl sites for hydroxylation is 1. The van der Waals surface area contributed by atoms with E-state index in [1.54, 1.807) is 12.1 Å². The third-order valence-corrected chi connectivity index (χ3v) is 4.92. The first kappa shape index (κ1) is 19.5. The third kappa shape index (κ3) is 3.88. The fourth-order valence-corrected chi connectivity index (χ4v) is 3.52. The Kier molecular flexibility index (Phi) is 6.25. The van der Waals surface area contributed by atoms with Crippen LogP contribution in [0.2, 0.25) is 0 Å². The van der Waals surface area contributed by atoms with Crippen molar-refractivity contribution in [3.05, 3.63) is 53.1 Å². The predicted molar refractivity (Wildman–Crippen MR) is 100 cm³/mol. The van der Waals surface area contributed by atoms with E-state index >= 15 is 0 Å². The number of piperidine rings is 1. The summed E-state index contributed by atoms with van der Waals surface area (Å²) in [6.07, 6.45) is 1.97. The molecule has 136 valence electrons. The fraction of sp³-hybridized carbons (Fsp3) is 0.421. The number of carbonyl (C=O) groups is 1.